The van der Waals surface area contributed by atoms with Crippen LogP contribution in [0.5, 0.6) is 0 Å². The van der Waals surface area contributed by atoms with Crippen LogP contribution in [0.3, 0.4) is 0 Å². The van der Waals surface area contributed by atoms with Crippen LogP contribution in [0, 0.1) is 0 Å². The molecule has 8 heteroatoms. The van der Waals surface area contributed by atoms with E-state index in [1.165, 1.54) is 19.1 Å². The molecule has 0 unspecified atom stereocenters. The van der Waals surface area contributed by atoms with Crippen LogP contribution in [0.1, 0.15) is 33.3 Å². The van der Waals surface area contributed by atoms with Crippen molar-refractivity contribution >= 4 is 21.9 Å². The lowest BCUT2D eigenvalue weighted by Gasteiger charge is -2.34. The van der Waals surface area contributed by atoms with Crippen LogP contribution in [0.25, 0.3) is 0 Å². The first-order valence-electron chi connectivity index (χ1n) is 7.26. The van der Waals surface area contributed by atoms with E-state index in [1.54, 1.807) is 39.0 Å². The first-order valence-corrected chi connectivity index (χ1v) is 9.15. The van der Waals surface area contributed by atoms with Crippen molar-refractivity contribution in [3.8, 4) is 0 Å². The molecule has 7 nitrogen and oxygen atoms in total. The van der Waals surface area contributed by atoms with E-state index < -0.39 is 38.3 Å². The number of nitrogens with one attached hydrogen (secondary N) is 1. The molecule has 1 aromatic carbocycles. The van der Waals surface area contributed by atoms with Crippen LogP contribution < -0.4 is 5.32 Å². The van der Waals surface area contributed by atoms with E-state index in [1.807, 2.05) is 0 Å². The van der Waals surface area contributed by atoms with Crippen LogP contribution >= 0.6 is 0 Å². The number of rotatable bonds is 5. The maximum Gasteiger partial charge on any atom is 0.408 e. The van der Waals surface area contributed by atoms with Gasteiger partial charge in [-0.1, -0.05) is 30.3 Å². The van der Waals surface area contributed by atoms with Crippen LogP contribution in [-0.2, 0) is 24.1 Å². The van der Waals surface area contributed by atoms with Crippen molar-refractivity contribution in [2.24, 2.45) is 0 Å². The van der Waals surface area contributed by atoms with E-state index in [4.69, 9.17) is 4.74 Å². The van der Waals surface area contributed by atoms with Crippen LogP contribution in [-0.4, -0.2) is 43.5 Å². The number of carboxylic acids is 1. The van der Waals surface area contributed by atoms with Gasteiger partial charge in [-0.3, -0.25) is 0 Å². The number of carbonyl (C=O) groups is 2. The highest BCUT2D eigenvalue weighted by Crippen LogP contribution is 2.33. The Labute approximate surface area is 141 Å². The van der Waals surface area contributed by atoms with Gasteiger partial charge in [0.2, 0.25) is 0 Å². The molecule has 0 saturated heterocycles. The quantitative estimate of drug-likeness (QED) is 0.833. The van der Waals surface area contributed by atoms with Gasteiger partial charge in [-0.2, -0.15) is 0 Å². The van der Waals surface area contributed by atoms with E-state index in [-0.39, 0.29) is 5.56 Å². The minimum absolute atomic E-state index is 0.260. The molecular weight excluding hydrogens is 334 g/mol. The molecule has 0 radical (unpaired) electrons. The number of alkyl carbamates (subject to hydrolysis) is 1. The molecule has 0 aliphatic carbocycles. The van der Waals surface area contributed by atoms with Gasteiger partial charge in [0.15, 0.2) is 15.9 Å². The molecule has 0 fully saturated rings. The number of hydrogen-bond donors (Lipinski definition) is 2. The molecule has 1 amide bonds. The predicted molar refractivity (Wildman–Crippen MR) is 89.4 cm³/mol. The number of aliphatic carboxylic acids is 1. The molecule has 134 valence electrons. The molecule has 0 aromatic heterocycles. The summed E-state index contributed by atoms with van der Waals surface area (Å²) in [6.07, 6.45) is -0.0621. The molecule has 0 aliphatic rings. The van der Waals surface area contributed by atoms with Crippen molar-refractivity contribution in [3.05, 3.63) is 35.9 Å². The van der Waals surface area contributed by atoms with E-state index in [0.29, 0.717) is 0 Å². The van der Waals surface area contributed by atoms with Gasteiger partial charge in [-0.05, 0) is 33.3 Å². The average molecular weight is 357 g/mol. The molecule has 2 atom stereocenters. The Balaban J connectivity index is 3.37. The lowest BCUT2D eigenvalue weighted by atomic mass is 9.92. The molecule has 0 bridgehead atoms. The highest BCUT2D eigenvalue weighted by Gasteiger charge is 2.50. The zero-order valence-corrected chi connectivity index (χ0v) is 15.2. The number of carbonyl (C=O) groups excluding carboxylic acids is 1. The number of ether oxygens (including phenoxy) is 1. The second-order valence-corrected chi connectivity index (χ2v) is 9.06. The van der Waals surface area contributed by atoms with E-state index >= 15 is 0 Å². The summed E-state index contributed by atoms with van der Waals surface area (Å²) in [7, 11) is -3.90. The lowest BCUT2D eigenvalue weighted by Crippen LogP contribution is -2.57. The predicted octanol–water partition coefficient (Wildman–Crippen LogP) is 1.92. The maximum atomic E-state index is 12.4. The fourth-order valence-electron chi connectivity index (χ4n) is 2.22. The van der Waals surface area contributed by atoms with E-state index in [2.05, 4.69) is 5.32 Å². The summed E-state index contributed by atoms with van der Waals surface area (Å²) in [5.74, 6) is -1.47. The minimum atomic E-state index is -3.90. The van der Waals surface area contributed by atoms with Crippen molar-refractivity contribution in [2.45, 2.75) is 44.1 Å². The molecule has 2 N–H and O–H groups in total. The van der Waals surface area contributed by atoms with Crippen molar-refractivity contribution in [1.29, 1.82) is 0 Å². The number of hydrogen-bond acceptors (Lipinski definition) is 5. The molecular formula is C16H23NO6S. The van der Waals surface area contributed by atoms with Crippen molar-refractivity contribution in [2.75, 3.05) is 6.26 Å². The molecule has 0 aliphatic heterocycles. The molecule has 24 heavy (non-hydrogen) atoms. The smallest absolute Gasteiger partial charge is 0.408 e. The first kappa shape index (κ1) is 20.0. The largest absolute Gasteiger partial charge is 0.480 e. The zero-order chi connectivity index (χ0) is 18.8. The molecule has 0 saturated carbocycles. The zero-order valence-electron chi connectivity index (χ0n) is 14.4. The Morgan fingerprint density at radius 1 is 1.12 bits per heavy atom. The summed E-state index contributed by atoms with van der Waals surface area (Å²) in [5.41, 5.74) is -0.586. The summed E-state index contributed by atoms with van der Waals surface area (Å²) < 4.78 is 28.0. The maximum absolute atomic E-state index is 12.4. The van der Waals surface area contributed by atoms with Crippen molar-refractivity contribution < 1.29 is 27.9 Å². The van der Waals surface area contributed by atoms with Gasteiger partial charge < -0.3 is 15.2 Å². The fraction of sp³-hybridized carbons (Fsp3) is 0.500. The highest BCUT2D eigenvalue weighted by molar-refractivity contribution is 7.91. The monoisotopic (exact) mass is 357 g/mol. The second-order valence-electron chi connectivity index (χ2n) is 6.66. The van der Waals surface area contributed by atoms with E-state index in [9.17, 15) is 23.1 Å². The normalized spacial score (nSPS) is 15.9. The molecule has 1 rings (SSSR count). The van der Waals surface area contributed by atoms with Crippen LogP contribution in [0.4, 0.5) is 4.79 Å². The number of benzene rings is 1. The number of amides is 1. The molecule has 0 heterocycles. The van der Waals surface area contributed by atoms with Crippen molar-refractivity contribution in [3.63, 3.8) is 0 Å². The SMILES string of the molecule is CC(C)(C)OC(=O)N[C@@H](C(=O)O)[C@](C)(c1ccccc1)S(C)(=O)=O. The van der Waals surface area contributed by atoms with Crippen LogP contribution in [0.15, 0.2) is 30.3 Å². The second kappa shape index (κ2) is 6.80. The summed E-state index contributed by atoms with van der Waals surface area (Å²) >= 11 is 0. The molecule has 1 aromatic rings. The number of carboxylic acid groups (broad SMARTS) is 1. The Bertz CT molecular complexity index is 708. The first-order chi connectivity index (χ1) is 10.8. The number of sulfone groups is 1. The third-order valence-electron chi connectivity index (χ3n) is 3.58. The Hall–Kier alpha value is -2.09. The van der Waals surface area contributed by atoms with Gasteiger partial charge in [-0.25, -0.2) is 18.0 Å². The van der Waals surface area contributed by atoms with Gasteiger partial charge in [0.05, 0.1) is 0 Å². The standard InChI is InChI=1S/C16H23NO6S/c1-15(2,3)23-14(20)17-12(13(18)19)16(4,24(5,21)22)11-9-7-6-8-10-11/h6-10,12H,1-5H3,(H,17,20)(H,18,19)/t12-,16-/m0/s1. The van der Waals surface area contributed by atoms with E-state index in [0.717, 1.165) is 6.26 Å². The summed E-state index contributed by atoms with van der Waals surface area (Å²) in [6, 6.07) is 6.19. The summed E-state index contributed by atoms with van der Waals surface area (Å²) in [4.78, 5) is 23.7. The fourth-order valence-corrected chi connectivity index (χ4v) is 3.38. The average Bonchev–Trinajstić information content (AvgIpc) is 2.41. The van der Waals surface area contributed by atoms with Gasteiger partial charge in [0.25, 0.3) is 0 Å². The summed E-state index contributed by atoms with van der Waals surface area (Å²) in [5, 5.41) is 11.7. The Morgan fingerprint density at radius 2 is 1.62 bits per heavy atom. The van der Waals surface area contributed by atoms with Gasteiger partial charge in [0.1, 0.15) is 10.3 Å². The third-order valence-corrected chi connectivity index (χ3v) is 5.59. The minimum Gasteiger partial charge on any atom is -0.480 e. The highest BCUT2D eigenvalue weighted by atomic mass is 32.2. The Morgan fingerprint density at radius 3 is 2.00 bits per heavy atom. The van der Waals surface area contributed by atoms with Gasteiger partial charge in [-0.15, -0.1) is 0 Å². The van der Waals surface area contributed by atoms with Crippen LogP contribution in [0.2, 0.25) is 0 Å². The lowest BCUT2D eigenvalue weighted by molar-refractivity contribution is -0.140. The van der Waals surface area contributed by atoms with Gasteiger partial charge >= 0.3 is 12.1 Å². The van der Waals surface area contributed by atoms with Crippen molar-refractivity contribution in [1.82, 2.24) is 5.32 Å². The molecule has 0 spiro atoms. The third kappa shape index (κ3) is 4.47. The Kier molecular flexibility index (Phi) is 5.66. The summed E-state index contributed by atoms with van der Waals surface area (Å²) in [6.45, 7) is 6.13. The topological polar surface area (TPSA) is 110 Å². The van der Waals surface area contributed by atoms with Gasteiger partial charge in [0, 0.05) is 6.26 Å².